The molecule has 0 saturated carbocycles. The molecule has 8 nitrogen and oxygen atoms in total. The van der Waals surface area contributed by atoms with Crippen LogP contribution in [-0.4, -0.2) is 35.3 Å². The maximum absolute atomic E-state index is 11.8. The summed E-state index contributed by atoms with van der Waals surface area (Å²) in [4.78, 5) is 16.2. The smallest absolute Gasteiger partial charge is 0.252 e. The van der Waals surface area contributed by atoms with Crippen molar-refractivity contribution in [1.82, 2.24) is 15.2 Å². The molecule has 29 heavy (non-hydrogen) atoms. The Balaban J connectivity index is 1.81. The Hall–Kier alpha value is -4.07. The lowest BCUT2D eigenvalue weighted by molar-refractivity contribution is 0.0997. The molecule has 1 amide bonds. The lowest BCUT2D eigenvalue weighted by Gasteiger charge is -2.14. The maximum Gasteiger partial charge on any atom is 0.252 e. The largest absolute Gasteiger partial charge is 0.497 e. The number of fused-ring (bicyclic) bond motifs is 1. The maximum atomic E-state index is 11.8. The van der Waals surface area contributed by atoms with Crippen LogP contribution in [0, 0.1) is 0 Å². The number of rotatable bonds is 6. The number of aromatic amines is 1. The summed E-state index contributed by atoms with van der Waals surface area (Å²) in [5.74, 6) is 0.518. The average molecular weight is 389 g/mol. The number of ether oxygens (including phenoxy) is 2. The van der Waals surface area contributed by atoms with Crippen molar-refractivity contribution in [3.05, 3.63) is 60.6 Å². The molecule has 0 aliphatic carbocycles. The van der Waals surface area contributed by atoms with Gasteiger partial charge in [0.1, 0.15) is 11.5 Å². The number of nitrogens with two attached hydrogens (primary N) is 1. The summed E-state index contributed by atoms with van der Waals surface area (Å²) in [6.45, 7) is 0. The van der Waals surface area contributed by atoms with E-state index in [9.17, 15) is 4.79 Å². The second-order valence-electron chi connectivity index (χ2n) is 6.35. The molecule has 2 heterocycles. The van der Waals surface area contributed by atoms with Crippen molar-refractivity contribution in [2.75, 3.05) is 19.5 Å². The van der Waals surface area contributed by atoms with Gasteiger partial charge < -0.3 is 20.5 Å². The van der Waals surface area contributed by atoms with E-state index in [0.29, 0.717) is 22.6 Å². The van der Waals surface area contributed by atoms with Gasteiger partial charge in [-0.3, -0.25) is 14.9 Å². The minimum Gasteiger partial charge on any atom is -0.497 e. The van der Waals surface area contributed by atoms with E-state index in [1.165, 1.54) is 7.11 Å². The monoisotopic (exact) mass is 389 g/mol. The molecule has 0 atom stereocenters. The molecule has 8 heteroatoms. The van der Waals surface area contributed by atoms with E-state index in [2.05, 4.69) is 20.5 Å². The van der Waals surface area contributed by atoms with Gasteiger partial charge in [-0.2, -0.15) is 5.10 Å². The Bertz CT molecular complexity index is 1190. The van der Waals surface area contributed by atoms with Crippen LogP contribution in [0.3, 0.4) is 0 Å². The van der Waals surface area contributed by atoms with Gasteiger partial charge in [0.2, 0.25) is 0 Å². The molecule has 0 unspecified atom stereocenters. The molecule has 2 aromatic carbocycles. The first-order valence-corrected chi connectivity index (χ1v) is 8.81. The van der Waals surface area contributed by atoms with E-state index in [1.54, 1.807) is 31.6 Å². The predicted molar refractivity (Wildman–Crippen MR) is 111 cm³/mol. The number of aromatic nitrogens is 3. The average Bonchev–Trinajstić information content (AvgIpc) is 3.27. The molecule has 2 aromatic heterocycles. The van der Waals surface area contributed by atoms with Crippen LogP contribution in [-0.2, 0) is 0 Å². The Morgan fingerprint density at radius 3 is 2.66 bits per heavy atom. The number of nitrogens with one attached hydrogen (secondary N) is 2. The molecule has 146 valence electrons. The number of methoxy groups -OCH3 is 2. The fraction of sp³-hybridized carbons (Fsp3) is 0.0952. The summed E-state index contributed by atoms with van der Waals surface area (Å²) >= 11 is 0. The SMILES string of the molecule is COc1cc(Nc2ccnc3cc(OC)c(C(N)=O)cc23)cc(-c2cn[nH]c2)c1. The summed E-state index contributed by atoms with van der Waals surface area (Å²) < 4.78 is 10.7. The quantitative estimate of drug-likeness (QED) is 0.465. The van der Waals surface area contributed by atoms with Gasteiger partial charge in [0, 0.05) is 46.9 Å². The summed E-state index contributed by atoms with van der Waals surface area (Å²) in [7, 11) is 3.11. The van der Waals surface area contributed by atoms with Crippen LogP contribution in [0.15, 0.2) is 55.0 Å². The molecular weight excluding hydrogens is 370 g/mol. The highest BCUT2D eigenvalue weighted by Crippen LogP contribution is 2.33. The number of carbonyl (C=O) groups is 1. The minimum absolute atomic E-state index is 0.292. The molecule has 0 spiro atoms. The second-order valence-corrected chi connectivity index (χ2v) is 6.35. The number of pyridine rings is 1. The fourth-order valence-corrected chi connectivity index (χ4v) is 3.16. The van der Waals surface area contributed by atoms with E-state index in [0.717, 1.165) is 27.9 Å². The van der Waals surface area contributed by atoms with Crippen molar-refractivity contribution < 1.29 is 14.3 Å². The van der Waals surface area contributed by atoms with Gasteiger partial charge in [0.05, 0.1) is 31.5 Å². The summed E-state index contributed by atoms with van der Waals surface area (Å²) in [6.07, 6.45) is 5.24. The number of nitrogens with zero attached hydrogens (tertiary/aromatic N) is 2. The highest BCUT2D eigenvalue weighted by Gasteiger charge is 2.14. The second kappa shape index (κ2) is 7.51. The van der Waals surface area contributed by atoms with E-state index in [1.807, 2.05) is 30.5 Å². The lowest BCUT2D eigenvalue weighted by Crippen LogP contribution is -2.12. The Labute approximate surface area is 166 Å². The van der Waals surface area contributed by atoms with Gasteiger partial charge in [-0.05, 0) is 29.8 Å². The zero-order valence-electron chi connectivity index (χ0n) is 15.9. The molecule has 0 bridgehead atoms. The van der Waals surface area contributed by atoms with Crippen molar-refractivity contribution in [3.63, 3.8) is 0 Å². The number of hydrogen-bond donors (Lipinski definition) is 3. The van der Waals surface area contributed by atoms with Gasteiger partial charge in [-0.15, -0.1) is 0 Å². The first-order chi connectivity index (χ1) is 14.1. The molecule has 4 aromatic rings. The molecule has 0 radical (unpaired) electrons. The van der Waals surface area contributed by atoms with Crippen LogP contribution in [0.5, 0.6) is 11.5 Å². The van der Waals surface area contributed by atoms with Crippen molar-refractivity contribution in [2.45, 2.75) is 0 Å². The third-order valence-electron chi connectivity index (χ3n) is 4.58. The topological polar surface area (TPSA) is 115 Å². The van der Waals surface area contributed by atoms with Crippen molar-refractivity contribution in [3.8, 4) is 22.6 Å². The Morgan fingerprint density at radius 1 is 1.10 bits per heavy atom. The molecule has 4 N–H and O–H groups in total. The van der Waals surface area contributed by atoms with Crippen LogP contribution in [0.1, 0.15) is 10.4 Å². The normalized spacial score (nSPS) is 10.7. The number of benzene rings is 2. The Morgan fingerprint density at radius 2 is 1.97 bits per heavy atom. The number of anilines is 2. The molecule has 4 rings (SSSR count). The van der Waals surface area contributed by atoms with Crippen LogP contribution >= 0.6 is 0 Å². The van der Waals surface area contributed by atoms with E-state index in [-0.39, 0.29) is 0 Å². The Kier molecular flexibility index (Phi) is 4.74. The van der Waals surface area contributed by atoms with Gasteiger partial charge >= 0.3 is 0 Å². The standard InChI is InChI=1S/C21H19N5O3/c1-28-15-6-12(13-10-24-25-11-13)5-14(7-15)26-18-3-4-23-19-9-20(29-2)17(21(22)27)8-16(18)19/h3-11H,1-2H3,(H2,22,27)(H,23,26)(H,24,25). The summed E-state index contributed by atoms with van der Waals surface area (Å²) in [6, 6.07) is 11.0. The minimum atomic E-state index is -0.567. The van der Waals surface area contributed by atoms with Crippen molar-refractivity contribution in [2.24, 2.45) is 5.73 Å². The van der Waals surface area contributed by atoms with Gasteiger partial charge in [0.15, 0.2) is 0 Å². The van der Waals surface area contributed by atoms with Crippen LogP contribution < -0.4 is 20.5 Å². The number of carbonyl (C=O) groups excluding carboxylic acids is 1. The zero-order chi connectivity index (χ0) is 20.4. The lowest BCUT2D eigenvalue weighted by atomic mass is 10.1. The molecule has 0 saturated heterocycles. The first kappa shape index (κ1) is 18.3. The van der Waals surface area contributed by atoms with Crippen LogP contribution in [0.2, 0.25) is 0 Å². The molecule has 0 aliphatic rings. The number of H-pyrrole nitrogens is 1. The number of amides is 1. The third-order valence-corrected chi connectivity index (χ3v) is 4.58. The molecule has 0 aliphatic heterocycles. The highest BCUT2D eigenvalue weighted by atomic mass is 16.5. The van der Waals surface area contributed by atoms with Crippen LogP contribution in [0.25, 0.3) is 22.0 Å². The van der Waals surface area contributed by atoms with E-state index < -0.39 is 5.91 Å². The third kappa shape index (κ3) is 3.55. The first-order valence-electron chi connectivity index (χ1n) is 8.81. The van der Waals surface area contributed by atoms with Crippen molar-refractivity contribution in [1.29, 1.82) is 0 Å². The molecular formula is C21H19N5O3. The highest BCUT2D eigenvalue weighted by molar-refractivity contribution is 6.03. The van der Waals surface area contributed by atoms with Gasteiger partial charge in [-0.25, -0.2) is 0 Å². The van der Waals surface area contributed by atoms with Crippen molar-refractivity contribution >= 4 is 28.2 Å². The number of hydrogen-bond acceptors (Lipinski definition) is 6. The van der Waals surface area contributed by atoms with Gasteiger partial charge in [-0.1, -0.05) is 0 Å². The summed E-state index contributed by atoms with van der Waals surface area (Å²) in [5.41, 5.74) is 9.94. The zero-order valence-corrected chi connectivity index (χ0v) is 15.9. The number of primary amides is 1. The van der Waals surface area contributed by atoms with E-state index in [4.69, 9.17) is 15.2 Å². The summed E-state index contributed by atoms with van der Waals surface area (Å²) in [5, 5.41) is 10.9. The van der Waals surface area contributed by atoms with Crippen LogP contribution in [0.4, 0.5) is 11.4 Å². The molecule has 0 fully saturated rings. The van der Waals surface area contributed by atoms with E-state index >= 15 is 0 Å². The fourth-order valence-electron chi connectivity index (χ4n) is 3.16. The predicted octanol–water partition coefficient (Wildman–Crippen LogP) is 3.48. The van der Waals surface area contributed by atoms with Gasteiger partial charge in [0.25, 0.3) is 5.91 Å².